The summed E-state index contributed by atoms with van der Waals surface area (Å²) in [7, 11) is 1.93. The Morgan fingerprint density at radius 1 is 1.44 bits per heavy atom. The minimum absolute atomic E-state index is 0.384. The molecule has 0 bridgehead atoms. The largest absolute Gasteiger partial charge is 0.308 e. The predicted molar refractivity (Wildman–Crippen MR) is 70.1 cm³/mol. The van der Waals surface area contributed by atoms with E-state index in [9.17, 15) is 0 Å². The summed E-state index contributed by atoms with van der Waals surface area (Å²) in [6.07, 6.45) is 7.43. The average Bonchev–Trinajstić information content (AvgIpc) is 2.95. The van der Waals surface area contributed by atoms with Crippen molar-refractivity contribution < 1.29 is 0 Å². The molecule has 0 amide bonds. The first-order valence-electron chi connectivity index (χ1n) is 7.01. The smallest absolute Gasteiger partial charge is 0.0967 e. The van der Waals surface area contributed by atoms with Crippen molar-refractivity contribution in [1.82, 2.24) is 25.2 Å². The van der Waals surface area contributed by atoms with Gasteiger partial charge < -0.3 is 5.32 Å². The van der Waals surface area contributed by atoms with Crippen LogP contribution in [0.1, 0.15) is 38.3 Å². The van der Waals surface area contributed by atoms with E-state index in [1.807, 2.05) is 13.2 Å². The van der Waals surface area contributed by atoms with Crippen LogP contribution in [0.15, 0.2) is 6.20 Å². The molecule has 1 atom stereocenters. The first-order valence-corrected chi connectivity index (χ1v) is 7.01. The summed E-state index contributed by atoms with van der Waals surface area (Å²) in [6.45, 7) is 5.48. The Kier molecular flexibility index (Phi) is 3.11. The van der Waals surface area contributed by atoms with E-state index in [1.165, 1.54) is 25.7 Å². The van der Waals surface area contributed by atoms with Crippen LogP contribution in [0, 0.1) is 0 Å². The van der Waals surface area contributed by atoms with Gasteiger partial charge >= 0.3 is 0 Å². The fraction of sp³-hybridized carbons (Fsp3) is 0.846. The van der Waals surface area contributed by atoms with Crippen molar-refractivity contribution in [2.45, 2.75) is 50.7 Å². The normalized spacial score (nSPS) is 28.0. The standard InChI is InChI=1S/C13H23N5/c1-11-7-14-13(5-3-4-6-13)10-18(11)9-12-8-17(2)16-15-12/h8,11,14H,3-7,9-10H2,1-2H3. The van der Waals surface area contributed by atoms with Crippen molar-refractivity contribution >= 4 is 0 Å². The van der Waals surface area contributed by atoms with Crippen LogP contribution in [0.3, 0.4) is 0 Å². The van der Waals surface area contributed by atoms with Crippen molar-refractivity contribution in [1.29, 1.82) is 0 Å². The van der Waals surface area contributed by atoms with Crippen LogP contribution < -0.4 is 5.32 Å². The Morgan fingerprint density at radius 3 is 2.89 bits per heavy atom. The van der Waals surface area contributed by atoms with Crippen LogP contribution in [0.5, 0.6) is 0 Å². The fourth-order valence-electron chi connectivity index (χ4n) is 3.37. The van der Waals surface area contributed by atoms with Gasteiger partial charge in [-0.25, -0.2) is 0 Å². The van der Waals surface area contributed by atoms with Crippen LogP contribution in [0.25, 0.3) is 0 Å². The van der Waals surface area contributed by atoms with Gasteiger partial charge in [-0.05, 0) is 19.8 Å². The lowest BCUT2D eigenvalue weighted by atomic mass is 9.92. The molecule has 1 unspecified atom stereocenters. The molecule has 1 aromatic heterocycles. The molecule has 0 radical (unpaired) electrons. The van der Waals surface area contributed by atoms with E-state index in [-0.39, 0.29) is 0 Å². The Balaban J connectivity index is 1.69. The second kappa shape index (κ2) is 4.63. The third-order valence-corrected chi connectivity index (χ3v) is 4.48. The summed E-state index contributed by atoms with van der Waals surface area (Å²) >= 11 is 0. The van der Waals surface area contributed by atoms with Gasteiger partial charge in [-0.1, -0.05) is 18.1 Å². The molecule has 18 heavy (non-hydrogen) atoms. The molecule has 2 aliphatic rings. The number of nitrogens with zero attached hydrogens (tertiary/aromatic N) is 4. The van der Waals surface area contributed by atoms with Gasteiger partial charge in [-0.3, -0.25) is 9.58 Å². The molecule has 5 nitrogen and oxygen atoms in total. The molecule has 100 valence electrons. The summed E-state index contributed by atoms with van der Waals surface area (Å²) < 4.78 is 1.79. The maximum absolute atomic E-state index is 4.21. The van der Waals surface area contributed by atoms with E-state index in [4.69, 9.17) is 0 Å². The van der Waals surface area contributed by atoms with Crippen LogP contribution in [-0.2, 0) is 13.6 Å². The zero-order valence-corrected chi connectivity index (χ0v) is 11.4. The minimum atomic E-state index is 0.384. The Labute approximate surface area is 109 Å². The van der Waals surface area contributed by atoms with Crippen LogP contribution in [0.2, 0.25) is 0 Å². The Morgan fingerprint density at radius 2 is 2.22 bits per heavy atom. The first kappa shape index (κ1) is 12.1. The summed E-state index contributed by atoms with van der Waals surface area (Å²) in [5.41, 5.74) is 1.47. The second-order valence-electron chi connectivity index (χ2n) is 6.01. The molecule has 1 aliphatic heterocycles. The molecular formula is C13H23N5. The molecule has 1 aromatic rings. The van der Waals surface area contributed by atoms with Crippen LogP contribution in [0.4, 0.5) is 0 Å². The van der Waals surface area contributed by atoms with Gasteiger partial charge in [-0.15, -0.1) is 5.10 Å². The highest BCUT2D eigenvalue weighted by Gasteiger charge is 2.39. The molecule has 3 rings (SSSR count). The lowest BCUT2D eigenvalue weighted by Crippen LogP contribution is -2.62. The highest BCUT2D eigenvalue weighted by atomic mass is 15.4. The number of aromatic nitrogens is 3. The van der Waals surface area contributed by atoms with Crippen LogP contribution in [-0.4, -0.2) is 44.6 Å². The third-order valence-electron chi connectivity index (χ3n) is 4.48. The van der Waals surface area contributed by atoms with Crippen molar-refractivity contribution in [3.8, 4) is 0 Å². The molecule has 0 aromatic carbocycles. The van der Waals surface area contributed by atoms with Crippen molar-refractivity contribution in [3.05, 3.63) is 11.9 Å². The average molecular weight is 249 g/mol. The van der Waals surface area contributed by atoms with Gasteiger partial charge in [-0.2, -0.15) is 0 Å². The number of rotatable bonds is 2. The summed E-state index contributed by atoms with van der Waals surface area (Å²) in [4.78, 5) is 2.56. The lowest BCUT2D eigenvalue weighted by Gasteiger charge is -2.45. The number of hydrogen-bond acceptors (Lipinski definition) is 4. The van der Waals surface area contributed by atoms with E-state index < -0.39 is 0 Å². The van der Waals surface area contributed by atoms with Gasteiger partial charge in [0.15, 0.2) is 0 Å². The molecule has 1 spiro atoms. The molecule has 1 aliphatic carbocycles. The second-order valence-corrected chi connectivity index (χ2v) is 6.01. The molecule has 2 fully saturated rings. The molecule has 1 N–H and O–H groups in total. The van der Waals surface area contributed by atoms with E-state index in [0.29, 0.717) is 11.6 Å². The number of hydrogen-bond donors (Lipinski definition) is 1. The summed E-state index contributed by atoms with van der Waals surface area (Å²) in [5, 5.41) is 12.0. The quantitative estimate of drug-likeness (QED) is 0.846. The summed E-state index contributed by atoms with van der Waals surface area (Å²) in [5.74, 6) is 0. The van der Waals surface area contributed by atoms with E-state index in [2.05, 4.69) is 27.5 Å². The highest BCUT2D eigenvalue weighted by molar-refractivity contribution is 5.02. The van der Waals surface area contributed by atoms with Gasteiger partial charge in [0, 0.05) is 44.5 Å². The number of aryl methyl sites for hydroxylation is 1. The van der Waals surface area contributed by atoms with Crippen molar-refractivity contribution in [3.63, 3.8) is 0 Å². The maximum atomic E-state index is 4.21. The van der Waals surface area contributed by atoms with E-state index in [0.717, 1.165) is 25.3 Å². The number of nitrogens with one attached hydrogen (secondary N) is 1. The predicted octanol–water partition coefficient (Wildman–Crippen LogP) is 0.922. The van der Waals surface area contributed by atoms with Gasteiger partial charge in [0.25, 0.3) is 0 Å². The van der Waals surface area contributed by atoms with Gasteiger partial charge in [0.1, 0.15) is 0 Å². The van der Waals surface area contributed by atoms with Crippen molar-refractivity contribution in [2.24, 2.45) is 7.05 Å². The molecule has 5 heteroatoms. The fourth-order valence-corrected chi connectivity index (χ4v) is 3.37. The zero-order valence-electron chi connectivity index (χ0n) is 11.4. The minimum Gasteiger partial charge on any atom is -0.308 e. The maximum Gasteiger partial charge on any atom is 0.0967 e. The Bertz CT molecular complexity index is 407. The van der Waals surface area contributed by atoms with E-state index in [1.54, 1.807) is 4.68 Å². The highest BCUT2D eigenvalue weighted by Crippen LogP contribution is 2.33. The molecule has 1 saturated heterocycles. The molecule has 2 heterocycles. The zero-order chi connectivity index (χ0) is 12.6. The van der Waals surface area contributed by atoms with E-state index >= 15 is 0 Å². The first-order chi connectivity index (χ1) is 8.67. The molecular weight excluding hydrogens is 226 g/mol. The SMILES string of the molecule is CC1CNC2(CCCC2)CN1Cc1cn(C)nn1. The van der Waals surface area contributed by atoms with Crippen LogP contribution >= 0.6 is 0 Å². The van der Waals surface area contributed by atoms with Gasteiger partial charge in [0.2, 0.25) is 0 Å². The topological polar surface area (TPSA) is 46.0 Å². The summed E-state index contributed by atoms with van der Waals surface area (Å²) in [6, 6.07) is 0.582. The number of piperazine rings is 1. The monoisotopic (exact) mass is 249 g/mol. The third kappa shape index (κ3) is 2.29. The Hall–Kier alpha value is -0.940. The molecule has 1 saturated carbocycles. The van der Waals surface area contributed by atoms with Crippen molar-refractivity contribution in [2.75, 3.05) is 13.1 Å². The lowest BCUT2D eigenvalue weighted by molar-refractivity contribution is 0.0815. The van der Waals surface area contributed by atoms with Gasteiger partial charge in [0.05, 0.1) is 5.69 Å².